The van der Waals surface area contributed by atoms with Gasteiger partial charge in [-0.05, 0) is 62.3 Å². The number of aryl methyl sites for hydroxylation is 2. The molecule has 1 N–H and O–H groups in total. The Morgan fingerprint density at radius 3 is 2.57 bits per heavy atom. The van der Waals surface area contributed by atoms with Crippen LogP contribution in [0, 0.1) is 12.8 Å². The summed E-state index contributed by atoms with van der Waals surface area (Å²) in [6.45, 7) is 3.68. The number of nitrogens with one attached hydrogen (secondary N) is 1. The summed E-state index contributed by atoms with van der Waals surface area (Å²) in [5, 5.41) is 16.9. The van der Waals surface area contributed by atoms with Gasteiger partial charge in [-0.1, -0.05) is 54.1 Å². The molecule has 0 saturated carbocycles. The van der Waals surface area contributed by atoms with E-state index in [9.17, 15) is 4.79 Å². The van der Waals surface area contributed by atoms with Gasteiger partial charge in [0, 0.05) is 24.6 Å². The number of fused-ring (bicyclic) bond motifs is 2. The molecular weight excluding hydrogens is 436 g/mol. The predicted molar refractivity (Wildman–Crippen MR) is 136 cm³/mol. The van der Waals surface area contributed by atoms with Crippen LogP contribution in [0.5, 0.6) is 0 Å². The smallest absolute Gasteiger partial charge is 0.223 e. The number of benzene rings is 2. The zero-order valence-electron chi connectivity index (χ0n) is 20.0. The van der Waals surface area contributed by atoms with Gasteiger partial charge in [-0.15, -0.1) is 15.3 Å². The van der Waals surface area contributed by atoms with E-state index in [1.165, 1.54) is 16.7 Å². The van der Waals surface area contributed by atoms with E-state index in [2.05, 4.69) is 75.9 Å². The minimum absolute atomic E-state index is 0.0436. The molecule has 7 heteroatoms. The molecule has 1 aliphatic heterocycles. The van der Waals surface area contributed by atoms with Crippen LogP contribution in [0.2, 0.25) is 0 Å². The fraction of sp³-hybridized carbons (Fsp3) is 0.357. The van der Waals surface area contributed by atoms with E-state index < -0.39 is 0 Å². The van der Waals surface area contributed by atoms with Crippen molar-refractivity contribution >= 4 is 17.4 Å². The van der Waals surface area contributed by atoms with E-state index in [1.54, 1.807) is 0 Å². The van der Waals surface area contributed by atoms with E-state index in [0.29, 0.717) is 0 Å². The Labute approximate surface area is 205 Å². The monoisotopic (exact) mass is 466 g/mol. The van der Waals surface area contributed by atoms with Gasteiger partial charge in [0.05, 0.1) is 6.04 Å². The van der Waals surface area contributed by atoms with E-state index in [4.69, 9.17) is 5.10 Å². The first-order chi connectivity index (χ1) is 17.2. The Kier molecular flexibility index (Phi) is 5.68. The highest BCUT2D eigenvalue weighted by atomic mass is 16.2. The molecular formula is C28H30N6O. The molecule has 0 unspecified atom stereocenters. The quantitative estimate of drug-likeness (QED) is 0.479. The van der Waals surface area contributed by atoms with Crippen LogP contribution in [0.3, 0.4) is 0 Å². The first-order valence-electron chi connectivity index (χ1n) is 12.6. The molecule has 1 aliphatic carbocycles. The number of piperidine rings is 1. The van der Waals surface area contributed by atoms with Crippen LogP contribution in [0.1, 0.15) is 48.4 Å². The van der Waals surface area contributed by atoms with Crippen molar-refractivity contribution in [1.82, 2.24) is 25.1 Å². The van der Waals surface area contributed by atoms with Crippen molar-refractivity contribution in [2.45, 2.75) is 45.1 Å². The summed E-state index contributed by atoms with van der Waals surface area (Å²) >= 11 is 0. The number of rotatable bonds is 4. The number of hydrogen-bond acceptors (Lipinski definition) is 5. The number of carbonyl (C=O) groups is 1. The van der Waals surface area contributed by atoms with Crippen LogP contribution in [-0.4, -0.2) is 38.8 Å². The van der Waals surface area contributed by atoms with Gasteiger partial charge < -0.3 is 10.2 Å². The molecule has 35 heavy (non-hydrogen) atoms. The fourth-order valence-corrected chi connectivity index (χ4v) is 5.39. The Bertz CT molecular complexity index is 1350. The Hall–Kier alpha value is -3.74. The standard InChI is InChI=1S/C28H30N6O/c1-19-9-11-21(12-10-19)27-31-30-25-13-14-26(32-34(25)27)33-17-15-22(16-18-33)28(35)29-24-8-4-6-20-5-2-3-7-23(20)24/h2-3,5,7,9-14,22,24H,4,6,8,15-18H2,1H3,(H,29,35)/t24-/m0/s1. The Morgan fingerprint density at radius 2 is 1.74 bits per heavy atom. The maximum absolute atomic E-state index is 13.1. The molecule has 1 amide bonds. The van der Waals surface area contributed by atoms with Gasteiger partial charge in [-0.25, -0.2) is 0 Å². The third-order valence-corrected chi connectivity index (χ3v) is 7.43. The van der Waals surface area contributed by atoms with E-state index in [1.807, 2.05) is 16.6 Å². The van der Waals surface area contributed by atoms with Crippen molar-refractivity contribution in [3.8, 4) is 11.4 Å². The third kappa shape index (κ3) is 4.27. The topological polar surface area (TPSA) is 75.4 Å². The summed E-state index contributed by atoms with van der Waals surface area (Å²) in [7, 11) is 0. The average Bonchev–Trinajstić information content (AvgIpc) is 3.33. The lowest BCUT2D eigenvalue weighted by molar-refractivity contribution is -0.126. The maximum Gasteiger partial charge on any atom is 0.223 e. The van der Waals surface area contributed by atoms with Crippen LogP contribution < -0.4 is 10.2 Å². The van der Waals surface area contributed by atoms with Crippen molar-refractivity contribution < 1.29 is 4.79 Å². The highest BCUT2D eigenvalue weighted by Crippen LogP contribution is 2.31. The third-order valence-electron chi connectivity index (χ3n) is 7.43. The molecule has 2 aromatic heterocycles. The molecule has 1 atom stereocenters. The first-order valence-corrected chi connectivity index (χ1v) is 12.6. The average molecular weight is 467 g/mol. The highest BCUT2D eigenvalue weighted by molar-refractivity contribution is 5.79. The second-order valence-electron chi connectivity index (χ2n) is 9.76. The summed E-state index contributed by atoms with van der Waals surface area (Å²) < 4.78 is 1.82. The Morgan fingerprint density at radius 1 is 0.943 bits per heavy atom. The SMILES string of the molecule is Cc1ccc(-c2nnc3ccc(N4CCC(C(=O)N[C@H]5CCCc6ccccc65)CC4)nn23)cc1. The van der Waals surface area contributed by atoms with Crippen molar-refractivity contribution in [3.63, 3.8) is 0 Å². The lowest BCUT2D eigenvalue weighted by Gasteiger charge is -2.33. The zero-order valence-corrected chi connectivity index (χ0v) is 20.0. The number of carbonyl (C=O) groups excluding carboxylic acids is 1. The second kappa shape index (κ2) is 9.13. The Balaban J connectivity index is 1.13. The number of aromatic nitrogens is 4. The molecule has 6 rings (SSSR count). The number of nitrogens with zero attached hydrogens (tertiary/aromatic N) is 5. The van der Waals surface area contributed by atoms with Gasteiger partial charge in [0.1, 0.15) is 5.82 Å². The molecule has 7 nitrogen and oxygen atoms in total. The highest BCUT2D eigenvalue weighted by Gasteiger charge is 2.29. The van der Waals surface area contributed by atoms with E-state index in [0.717, 1.165) is 68.0 Å². The fourth-order valence-electron chi connectivity index (χ4n) is 5.39. The van der Waals surface area contributed by atoms with E-state index >= 15 is 0 Å². The van der Waals surface area contributed by atoms with Crippen molar-refractivity contribution in [1.29, 1.82) is 0 Å². The van der Waals surface area contributed by atoms with Crippen LogP contribution in [0.4, 0.5) is 5.82 Å². The van der Waals surface area contributed by atoms with Gasteiger partial charge in [0.15, 0.2) is 11.5 Å². The summed E-state index contributed by atoms with van der Waals surface area (Å²) in [5.41, 5.74) is 5.59. The zero-order chi connectivity index (χ0) is 23.8. The lowest BCUT2D eigenvalue weighted by Crippen LogP contribution is -2.42. The van der Waals surface area contributed by atoms with Crippen molar-refractivity contribution in [2.24, 2.45) is 5.92 Å². The molecule has 4 aromatic rings. The van der Waals surface area contributed by atoms with E-state index in [-0.39, 0.29) is 17.9 Å². The summed E-state index contributed by atoms with van der Waals surface area (Å²) in [6.07, 6.45) is 4.91. The summed E-state index contributed by atoms with van der Waals surface area (Å²) in [6, 6.07) is 20.9. The molecule has 0 spiro atoms. The van der Waals surface area contributed by atoms with Gasteiger partial charge >= 0.3 is 0 Å². The second-order valence-corrected chi connectivity index (χ2v) is 9.76. The van der Waals surface area contributed by atoms with Crippen LogP contribution in [0.25, 0.3) is 17.0 Å². The normalized spacial score (nSPS) is 18.4. The minimum atomic E-state index is 0.0436. The van der Waals surface area contributed by atoms with Gasteiger partial charge in [-0.2, -0.15) is 4.52 Å². The lowest BCUT2D eigenvalue weighted by atomic mass is 9.87. The molecule has 2 aromatic carbocycles. The van der Waals surface area contributed by atoms with Crippen LogP contribution >= 0.6 is 0 Å². The van der Waals surface area contributed by atoms with Crippen molar-refractivity contribution in [3.05, 3.63) is 77.4 Å². The van der Waals surface area contributed by atoms with Crippen molar-refractivity contribution in [2.75, 3.05) is 18.0 Å². The predicted octanol–water partition coefficient (Wildman–Crippen LogP) is 4.51. The minimum Gasteiger partial charge on any atom is -0.355 e. The van der Waals surface area contributed by atoms with Gasteiger partial charge in [0.2, 0.25) is 5.91 Å². The number of anilines is 1. The molecule has 1 saturated heterocycles. The maximum atomic E-state index is 13.1. The first kappa shape index (κ1) is 21.8. The largest absolute Gasteiger partial charge is 0.355 e. The molecule has 0 radical (unpaired) electrons. The summed E-state index contributed by atoms with van der Waals surface area (Å²) in [4.78, 5) is 15.4. The van der Waals surface area contributed by atoms with Gasteiger partial charge in [0.25, 0.3) is 0 Å². The van der Waals surface area contributed by atoms with Crippen LogP contribution in [-0.2, 0) is 11.2 Å². The molecule has 3 heterocycles. The summed E-state index contributed by atoms with van der Waals surface area (Å²) in [5.74, 6) is 1.87. The molecule has 2 aliphatic rings. The molecule has 1 fully saturated rings. The molecule has 0 bridgehead atoms. The molecule has 178 valence electrons. The number of hydrogen-bond donors (Lipinski definition) is 1. The van der Waals surface area contributed by atoms with Crippen LogP contribution in [0.15, 0.2) is 60.7 Å². The van der Waals surface area contributed by atoms with Gasteiger partial charge in [-0.3, -0.25) is 4.79 Å². The number of amides is 1.